The van der Waals surface area contributed by atoms with E-state index in [1.807, 2.05) is 0 Å². The first kappa shape index (κ1) is 14.6. The van der Waals surface area contributed by atoms with Crippen LogP contribution in [0.25, 0.3) is 0 Å². The highest BCUT2D eigenvalue weighted by Gasteiger charge is 2.05. The first-order valence-corrected chi connectivity index (χ1v) is 5.82. The molecule has 0 aliphatic rings. The van der Waals surface area contributed by atoms with E-state index in [2.05, 4.69) is 25.2 Å². The van der Waals surface area contributed by atoms with E-state index in [1.165, 1.54) is 24.4 Å². The molecular formula is C12H11F2N5O2. The number of primary amides is 1. The number of carbonyl (C=O) groups is 1. The molecule has 0 fully saturated rings. The zero-order chi connectivity index (χ0) is 15.2. The van der Waals surface area contributed by atoms with Gasteiger partial charge in [0.25, 0.3) is 5.91 Å². The Bertz CT molecular complexity index is 604. The number of aromatic nitrogens is 3. The zero-order valence-electron chi connectivity index (χ0n) is 10.7. The van der Waals surface area contributed by atoms with Crippen LogP contribution >= 0.6 is 0 Å². The van der Waals surface area contributed by atoms with Crippen LogP contribution in [0.15, 0.2) is 30.5 Å². The molecule has 0 radical (unpaired) electrons. The second-order valence-electron chi connectivity index (χ2n) is 3.89. The predicted molar refractivity (Wildman–Crippen MR) is 68.7 cm³/mol. The first-order chi connectivity index (χ1) is 10.0. The summed E-state index contributed by atoms with van der Waals surface area (Å²) in [5.41, 5.74) is 5.70. The number of hydrogen-bond donors (Lipinski definition) is 2. The molecule has 2 heterocycles. The lowest BCUT2D eigenvalue weighted by molar-refractivity contribution is -0.0500. The smallest absolute Gasteiger partial charge is 0.387 e. The van der Waals surface area contributed by atoms with E-state index in [1.54, 1.807) is 6.07 Å². The van der Waals surface area contributed by atoms with Gasteiger partial charge >= 0.3 is 6.61 Å². The monoisotopic (exact) mass is 295 g/mol. The standard InChI is InChI=1S/C12H11F2N5O2/c13-12(14)21-8-2-1-7(16-6-8)5-17-10-4-3-9(11(15)20)18-19-10/h1-4,6,12H,5H2,(H2,15,20)(H,17,19). The summed E-state index contributed by atoms with van der Waals surface area (Å²) in [7, 11) is 0. The number of ether oxygens (including phenoxy) is 1. The van der Waals surface area contributed by atoms with Crippen molar-refractivity contribution >= 4 is 11.7 Å². The second kappa shape index (κ2) is 6.55. The minimum Gasteiger partial charge on any atom is -0.433 e. The molecule has 0 spiro atoms. The molecule has 0 aromatic carbocycles. The molecule has 0 aliphatic carbocycles. The SMILES string of the molecule is NC(=O)c1ccc(NCc2ccc(OC(F)F)cn2)nn1. The van der Waals surface area contributed by atoms with Crippen molar-refractivity contribution in [3.63, 3.8) is 0 Å². The molecule has 9 heteroatoms. The van der Waals surface area contributed by atoms with Crippen LogP contribution < -0.4 is 15.8 Å². The van der Waals surface area contributed by atoms with Gasteiger partial charge in [-0.25, -0.2) is 0 Å². The van der Waals surface area contributed by atoms with Crippen molar-refractivity contribution in [2.45, 2.75) is 13.2 Å². The van der Waals surface area contributed by atoms with Crippen LogP contribution in [-0.4, -0.2) is 27.7 Å². The molecular weight excluding hydrogens is 284 g/mol. The van der Waals surface area contributed by atoms with E-state index in [-0.39, 0.29) is 11.4 Å². The number of halogens is 2. The van der Waals surface area contributed by atoms with Gasteiger partial charge in [0.15, 0.2) is 5.69 Å². The number of nitrogens with one attached hydrogen (secondary N) is 1. The number of hydrogen-bond acceptors (Lipinski definition) is 6. The van der Waals surface area contributed by atoms with Crippen LogP contribution in [0.3, 0.4) is 0 Å². The van der Waals surface area contributed by atoms with Crippen LogP contribution in [0.1, 0.15) is 16.2 Å². The molecule has 0 bridgehead atoms. The van der Waals surface area contributed by atoms with Crippen LogP contribution in [0.2, 0.25) is 0 Å². The zero-order valence-corrected chi connectivity index (χ0v) is 10.7. The number of amides is 1. The summed E-state index contributed by atoms with van der Waals surface area (Å²) in [4.78, 5) is 14.8. The minimum absolute atomic E-state index is 0.0145. The fourth-order valence-electron chi connectivity index (χ4n) is 1.43. The summed E-state index contributed by atoms with van der Waals surface area (Å²) in [6, 6.07) is 5.90. The lowest BCUT2D eigenvalue weighted by atomic mass is 10.3. The van der Waals surface area contributed by atoms with Crippen LogP contribution in [0.4, 0.5) is 14.6 Å². The molecule has 2 aromatic heterocycles. The molecule has 0 saturated heterocycles. The fraction of sp³-hybridized carbons (Fsp3) is 0.167. The van der Waals surface area contributed by atoms with Gasteiger partial charge in [-0.05, 0) is 24.3 Å². The number of nitrogens with zero attached hydrogens (tertiary/aromatic N) is 3. The summed E-state index contributed by atoms with van der Waals surface area (Å²) in [5.74, 6) is -0.251. The average Bonchev–Trinajstić information content (AvgIpc) is 2.46. The molecule has 0 atom stereocenters. The summed E-state index contributed by atoms with van der Waals surface area (Å²) >= 11 is 0. The van der Waals surface area contributed by atoms with Crippen molar-refractivity contribution in [2.24, 2.45) is 5.73 Å². The Balaban J connectivity index is 1.91. The lowest BCUT2D eigenvalue weighted by Crippen LogP contribution is -2.14. The molecule has 2 rings (SSSR count). The number of rotatable bonds is 6. The molecule has 21 heavy (non-hydrogen) atoms. The average molecular weight is 295 g/mol. The van der Waals surface area contributed by atoms with Gasteiger partial charge in [0, 0.05) is 0 Å². The van der Waals surface area contributed by atoms with Crippen molar-refractivity contribution in [2.75, 3.05) is 5.32 Å². The molecule has 2 aromatic rings. The van der Waals surface area contributed by atoms with Gasteiger partial charge in [-0.15, -0.1) is 10.2 Å². The Labute approximate surface area is 118 Å². The van der Waals surface area contributed by atoms with Crippen LogP contribution in [-0.2, 0) is 6.54 Å². The summed E-state index contributed by atoms with van der Waals surface area (Å²) in [6.07, 6.45) is 1.20. The molecule has 1 amide bonds. The fourth-order valence-corrected chi connectivity index (χ4v) is 1.43. The van der Waals surface area contributed by atoms with Gasteiger partial charge in [0.1, 0.15) is 11.6 Å². The van der Waals surface area contributed by atoms with Crippen molar-refractivity contribution < 1.29 is 18.3 Å². The highest BCUT2D eigenvalue weighted by molar-refractivity contribution is 5.90. The summed E-state index contributed by atoms with van der Waals surface area (Å²) < 4.78 is 28.1. The molecule has 0 unspecified atom stereocenters. The van der Waals surface area contributed by atoms with E-state index in [0.29, 0.717) is 18.1 Å². The Morgan fingerprint density at radius 3 is 2.62 bits per heavy atom. The van der Waals surface area contributed by atoms with E-state index in [9.17, 15) is 13.6 Å². The first-order valence-electron chi connectivity index (χ1n) is 5.82. The number of nitrogens with two attached hydrogens (primary N) is 1. The molecule has 110 valence electrons. The van der Waals surface area contributed by atoms with Gasteiger partial charge in [0.05, 0.1) is 18.4 Å². The van der Waals surface area contributed by atoms with Crippen molar-refractivity contribution in [1.82, 2.24) is 15.2 Å². The van der Waals surface area contributed by atoms with Crippen LogP contribution in [0.5, 0.6) is 5.75 Å². The normalized spacial score (nSPS) is 10.4. The van der Waals surface area contributed by atoms with Crippen molar-refractivity contribution in [1.29, 1.82) is 0 Å². The number of anilines is 1. The van der Waals surface area contributed by atoms with E-state index >= 15 is 0 Å². The largest absolute Gasteiger partial charge is 0.433 e. The Morgan fingerprint density at radius 2 is 2.10 bits per heavy atom. The minimum atomic E-state index is -2.88. The maximum Gasteiger partial charge on any atom is 0.387 e. The third kappa shape index (κ3) is 4.34. The summed E-state index contributed by atoms with van der Waals surface area (Å²) in [5, 5.41) is 10.3. The van der Waals surface area contributed by atoms with Gasteiger partial charge < -0.3 is 15.8 Å². The third-order valence-electron chi connectivity index (χ3n) is 2.39. The maximum atomic E-state index is 12.0. The van der Waals surface area contributed by atoms with Gasteiger partial charge in [-0.2, -0.15) is 8.78 Å². The number of carbonyl (C=O) groups excluding carboxylic acids is 1. The topological polar surface area (TPSA) is 103 Å². The maximum absolute atomic E-state index is 12.0. The third-order valence-corrected chi connectivity index (χ3v) is 2.39. The quantitative estimate of drug-likeness (QED) is 0.829. The molecule has 0 aliphatic heterocycles. The Kier molecular flexibility index (Phi) is 4.54. The molecule has 3 N–H and O–H groups in total. The molecule has 0 saturated carbocycles. The number of pyridine rings is 1. The van der Waals surface area contributed by atoms with Crippen LogP contribution in [0, 0.1) is 0 Å². The number of alkyl halides is 2. The highest BCUT2D eigenvalue weighted by atomic mass is 19.3. The van der Waals surface area contributed by atoms with E-state index in [0.717, 1.165) is 0 Å². The van der Waals surface area contributed by atoms with Crippen molar-refractivity contribution in [3.05, 3.63) is 41.9 Å². The highest BCUT2D eigenvalue weighted by Crippen LogP contribution is 2.13. The van der Waals surface area contributed by atoms with Gasteiger partial charge in [0.2, 0.25) is 0 Å². The second-order valence-corrected chi connectivity index (χ2v) is 3.89. The summed E-state index contributed by atoms with van der Waals surface area (Å²) in [6.45, 7) is -2.57. The Morgan fingerprint density at radius 1 is 1.29 bits per heavy atom. The van der Waals surface area contributed by atoms with E-state index in [4.69, 9.17) is 5.73 Å². The van der Waals surface area contributed by atoms with Gasteiger partial charge in [-0.3, -0.25) is 9.78 Å². The predicted octanol–water partition coefficient (Wildman–Crippen LogP) is 1.18. The molecule has 7 nitrogen and oxygen atoms in total. The lowest BCUT2D eigenvalue weighted by Gasteiger charge is -2.06. The van der Waals surface area contributed by atoms with Crippen molar-refractivity contribution in [3.8, 4) is 5.75 Å². The van der Waals surface area contributed by atoms with E-state index < -0.39 is 12.5 Å². The Hall–Kier alpha value is -2.84. The van der Waals surface area contributed by atoms with Gasteiger partial charge in [-0.1, -0.05) is 0 Å².